The number of nitrogens with two attached hydrogens (primary N) is 1. The van der Waals surface area contributed by atoms with E-state index in [4.69, 9.17) is 15.2 Å². The van der Waals surface area contributed by atoms with Crippen molar-refractivity contribution < 1.29 is 31.8 Å². The average molecular weight is 439 g/mol. The van der Waals surface area contributed by atoms with Gasteiger partial charge in [0.15, 0.2) is 11.7 Å². The third kappa shape index (κ3) is 3.78. The number of carbonyl (C=O) groups is 1. The van der Waals surface area contributed by atoms with E-state index in [1.54, 1.807) is 6.92 Å². The number of aliphatic imine (C=N–C) groups is 1. The molecule has 2 aromatic rings. The second-order valence-corrected chi connectivity index (χ2v) is 7.24. The molecule has 3 heterocycles. The molecule has 8 nitrogen and oxygen atoms in total. The fourth-order valence-electron chi connectivity index (χ4n) is 3.72. The number of hydrogen-bond acceptors (Lipinski definition) is 7. The van der Waals surface area contributed by atoms with Crippen molar-refractivity contribution in [2.24, 2.45) is 16.6 Å². The van der Waals surface area contributed by atoms with Gasteiger partial charge in [-0.05, 0) is 25.1 Å². The van der Waals surface area contributed by atoms with Crippen LogP contribution in [-0.4, -0.2) is 47.3 Å². The van der Waals surface area contributed by atoms with E-state index in [2.05, 4.69) is 20.3 Å². The number of nitrogens with zero attached hydrogens (tertiary/aromatic N) is 3. The summed E-state index contributed by atoms with van der Waals surface area (Å²) < 4.78 is 65.6. The lowest BCUT2D eigenvalue weighted by Crippen LogP contribution is -2.50. The van der Waals surface area contributed by atoms with Crippen molar-refractivity contribution in [2.75, 3.05) is 18.5 Å². The number of ether oxygens (including phenoxy) is 2. The quantitative estimate of drug-likeness (QED) is 0.710. The van der Waals surface area contributed by atoms with Crippen molar-refractivity contribution in [1.82, 2.24) is 9.97 Å². The van der Waals surface area contributed by atoms with Crippen LogP contribution in [0.5, 0.6) is 0 Å². The Kier molecular flexibility index (Phi) is 5.04. The number of carbonyl (C=O) groups excluding carboxylic acids is 1. The molecule has 1 aromatic carbocycles. The number of nitrogens with one attached hydrogen (secondary N) is 1. The number of halogens is 4. The summed E-state index contributed by atoms with van der Waals surface area (Å²) in [5.41, 5.74) is 4.28. The second kappa shape index (κ2) is 7.45. The Morgan fingerprint density at radius 1 is 1.29 bits per heavy atom. The standard InChI is InChI=1S/C19H17F4N5O3/c1-9-5-26-14(7-25-9)16(29)28-10-2-3-13(20)11(4-10)18-8-30-15(19(21,22)23)12(18)6-27-17(24)31-18/h2-5,7,12,15H,6,8H2,1H3,(H2,24,27)(H,28,29)/t12-,15+,18-/m1/s1. The van der Waals surface area contributed by atoms with Crippen molar-refractivity contribution in [3.63, 3.8) is 0 Å². The van der Waals surface area contributed by atoms with Crippen molar-refractivity contribution in [3.8, 4) is 0 Å². The molecule has 0 aliphatic carbocycles. The number of amidine groups is 1. The maximum absolute atomic E-state index is 14.8. The SMILES string of the molecule is Cc1cnc(C(=O)Nc2ccc(F)c([C@]34CO[C@H](C(F)(F)F)[C@H]3CN=C(N)O4)c2)cn1. The van der Waals surface area contributed by atoms with Gasteiger partial charge in [0.25, 0.3) is 11.9 Å². The summed E-state index contributed by atoms with van der Waals surface area (Å²) in [4.78, 5) is 24.1. The van der Waals surface area contributed by atoms with Crippen molar-refractivity contribution >= 4 is 17.6 Å². The van der Waals surface area contributed by atoms with E-state index in [0.717, 1.165) is 6.07 Å². The summed E-state index contributed by atoms with van der Waals surface area (Å²) in [6, 6.07) is 3.11. The minimum Gasteiger partial charge on any atom is -0.451 e. The van der Waals surface area contributed by atoms with Crippen LogP contribution in [0.25, 0.3) is 0 Å². The lowest BCUT2D eigenvalue weighted by atomic mass is 9.79. The first kappa shape index (κ1) is 21.0. The third-order valence-corrected chi connectivity index (χ3v) is 5.19. The van der Waals surface area contributed by atoms with E-state index in [0.29, 0.717) is 5.69 Å². The summed E-state index contributed by atoms with van der Waals surface area (Å²) in [6.45, 7) is 0.758. The Balaban J connectivity index is 1.69. The van der Waals surface area contributed by atoms with Crippen LogP contribution in [0.2, 0.25) is 0 Å². The van der Waals surface area contributed by atoms with Gasteiger partial charge >= 0.3 is 6.18 Å². The van der Waals surface area contributed by atoms with Crippen LogP contribution >= 0.6 is 0 Å². The number of aryl methyl sites for hydroxylation is 1. The van der Waals surface area contributed by atoms with Crippen molar-refractivity contribution in [1.29, 1.82) is 0 Å². The molecule has 0 spiro atoms. The molecule has 1 saturated heterocycles. The summed E-state index contributed by atoms with van der Waals surface area (Å²) in [6.07, 6.45) is -4.24. The molecule has 0 unspecified atom stereocenters. The van der Waals surface area contributed by atoms with Crippen molar-refractivity contribution in [3.05, 3.63) is 53.4 Å². The van der Waals surface area contributed by atoms with Gasteiger partial charge in [0.1, 0.15) is 11.5 Å². The van der Waals surface area contributed by atoms with Gasteiger partial charge in [-0.3, -0.25) is 9.78 Å². The van der Waals surface area contributed by atoms with Gasteiger partial charge in [-0.15, -0.1) is 0 Å². The number of aromatic nitrogens is 2. The number of benzene rings is 1. The smallest absolute Gasteiger partial charge is 0.415 e. The fourth-order valence-corrected chi connectivity index (χ4v) is 3.72. The number of fused-ring (bicyclic) bond motifs is 1. The highest BCUT2D eigenvalue weighted by molar-refractivity contribution is 6.02. The molecule has 3 atom stereocenters. The molecule has 2 aliphatic rings. The number of hydrogen-bond donors (Lipinski definition) is 2. The topological polar surface area (TPSA) is 112 Å². The van der Waals surface area contributed by atoms with Gasteiger partial charge in [0.2, 0.25) is 0 Å². The van der Waals surface area contributed by atoms with Gasteiger partial charge in [0.05, 0.1) is 31.0 Å². The molecule has 1 aromatic heterocycles. The average Bonchev–Trinajstić information content (AvgIpc) is 3.09. The highest BCUT2D eigenvalue weighted by atomic mass is 19.4. The van der Waals surface area contributed by atoms with Crippen LogP contribution in [0.15, 0.2) is 35.6 Å². The number of alkyl halides is 3. The van der Waals surface area contributed by atoms with Gasteiger partial charge < -0.3 is 20.5 Å². The van der Waals surface area contributed by atoms with Crippen LogP contribution < -0.4 is 11.1 Å². The zero-order valence-electron chi connectivity index (χ0n) is 16.1. The molecule has 1 fully saturated rings. The lowest BCUT2D eigenvalue weighted by molar-refractivity contribution is -0.217. The minimum absolute atomic E-state index is 0.0131. The predicted molar refractivity (Wildman–Crippen MR) is 99.7 cm³/mol. The largest absolute Gasteiger partial charge is 0.451 e. The second-order valence-electron chi connectivity index (χ2n) is 7.24. The van der Waals surface area contributed by atoms with E-state index >= 15 is 0 Å². The molecular weight excluding hydrogens is 422 g/mol. The maximum atomic E-state index is 14.8. The van der Waals surface area contributed by atoms with Gasteiger partial charge in [-0.25, -0.2) is 14.4 Å². The van der Waals surface area contributed by atoms with E-state index < -0.39 is 42.1 Å². The predicted octanol–water partition coefficient (Wildman–Crippen LogP) is 2.29. The Hall–Kier alpha value is -3.28. The molecule has 1 amide bonds. The lowest BCUT2D eigenvalue weighted by Gasteiger charge is -2.38. The highest BCUT2D eigenvalue weighted by Gasteiger charge is 2.63. The van der Waals surface area contributed by atoms with Gasteiger partial charge in [-0.1, -0.05) is 0 Å². The number of anilines is 1. The van der Waals surface area contributed by atoms with E-state index in [9.17, 15) is 22.4 Å². The Morgan fingerprint density at radius 2 is 2.06 bits per heavy atom. The first-order valence-electron chi connectivity index (χ1n) is 9.17. The van der Waals surface area contributed by atoms with E-state index in [1.807, 2.05) is 0 Å². The maximum Gasteiger partial charge on any atom is 0.415 e. The zero-order valence-corrected chi connectivity index (χ0v) is 16.1. The van der Waals surface area contributed by atoms with Crippen LogP contribution in [0.1, 0.15) is 21.7 Å². The van der Waals surface area contributed by atoms with Crippen LogP contribution in [-0.2, 0) is 15.1 Å². The first-order valence-corrected chi connectivity index (χ1v) is 9.17. The van der Waals surface area contributed by atoms with Gasteiger partial charge in [0, 0.05) is 17.4 Å². The van der Waals surface area contributed by atoms with Crippen LogP contribution in [0.3, 0.4) is 0 Å². The Bertz CT molecular complexity index is 1040. The normalized spacial score (nSPS) is 25.4. The molecule has 0 saturated carbocycles. The fraction of sp³-hybridized carbons (Fsp3) is 0.368. The van der Waals surface area contributed by atoms with Gasteiger partial charge in [-0.2, -0.15) is 13.2 Å². The highest BCUT2D eigenvalue weighted by Crippen LogP contribution is 2.50. The molecule has 3 N–H and O–H groups in total. The first-order chi connectivity index (χ1) is 14.6. The third-order valence-electron chi connectivity index (χ3n) is 5.19. The molecule has 2 aliphatic heterocycles. The van der Waals surface area contributed by atoms with E-state index in [1.165, 1.54) is 24.5 Å². The number of rotatable bonds is 3. The Morgan fingerprint density at radius 3 is 2.74 bits per heavy atom. The summed E-state index contributed by atoms with van der Waals surface area (Å²) in [7, 11) is 0. The molecule has 31 heavy (non-hydrogen) atoms. The zero-order chi connectivity index (χ0) is 22.4. The van der Waals surface area contributed by atoms with Crippen LogP contribution in [0.4, 0.5) is 23.2 Å². The Labute approximate surface area is 173 Å². The molecule has 164 valence electrons. The summed E-state index contributed by atoms with van der Waals surface area (Å²) >= 11 is 0. The number of amides is 1. The molecular formula is C19H17F4N5O3. The monoisotopic (exact) mass is 439 g/mol. The summed E-state index contributed by atoms with van der Waals surface area (Å²) in [5.74, 6) is -2.82. The molecule has 4 rings (SSSR count). The van der Waals surface area contributed by atoms with Crippen molar-refractivity contribution in [2.45, 2.75) is 24.8 Å². The van der Waals surface area contributed by atoms with Crippen LogP contribution in [0, 0.1) is 18.7 Å². The molecule has 0 radical (unpaired) electrons. The summed E-state index contributed by atoms with van der Waals surface area (Å²) in [5, 5.41) is 2.53. The minimum atomic E-state index is -4.70. The molecule has 0 bridgehead atoms. The van der Waals surface area contributed by atoms with E-state index in [-0.39, 0.29) is 29.5 Å². The molecule has 12 heteroatoms.